The summed E-state index contributed by atoms with van der Waals surface area (Å²) in [5.41, 5.74) is 0. The van der Waals surface area contributed by atoms with Gasteiger partial charge in [-0.05, 0) is 0 Å². The van der Waals surface area contributed by atoms with E-state index in [9.17, 15) is 0 Å². The van der Waals surface area contributed by atoms with Gasteiger partial charge in [-0.15, -0.1) is 0 Å². The van der Waals surface area contributed by atoms with Gasteiger partial charge in [-0.25, -0.2) is 0 Å². The summed E-state index contributed by atoms with van der Waals surface area (Å²) in [6.07, 6.45) is 0. The SMILES string of the molecule is [Co].[Co].[Co].[Co].[Co].[Ho]. The molecule has 0 saturated heterocycles. The van der Waals surface area contributed by atoms with Crippen LogP contribution in [0.2, 0.25) is 0 Å². The van der Waals surface area contributed by atoms with Crippen LogP contribution in [0.1, 0.15) is 0 Å². The second kappa shape index (κ2) is 37.1. The molecule has 0 aliphatic heterocycles. The summed E-state index contributed by atoms with van der Waals surface area (Å²) in [4.78, 5) is 0. The Labute approximate surface area is 119 Å². The van der Waals surface area contributed by atoms with E-state index in [1.807, 2.05) is 0 Å². The molecule has 0 heterocycles. The quantitative estimate of drug-likeness (QED) is 0.447. The molecule has 0 saturated carbocycles. The van der Waals surface area contributed by atoms with Crippen molar-refractivity contribution in [3.8, 4) is 0 Å². The second-order valence-corrected chi connectivity index (χ2v) is 0. The normalized spacial score (nSPS) is 0. The molecule has 0 nitrogen and oxygen atoms in total. The van der Waals surface area contributed by atoms with Crippen molar-refractivity contribution in [1.29, 1.82) is 0 Å². The molecule has 6 radical (unpaired) electrons. The van der Waals surface area contributed by atoms with Gasteiger partial charge in [0.05, 0.1) is 0 Å². The zero-order chi connectivity index (χ0) is 0. The molecule has 0 aromatic heterocycles. The van der Waals surface area contributed by atoms with Crippen LogP contribution in [0.4, 0.5) is 0 Å². The van der Waals surface area contributed by atoms with Crippen LogP contribution < -0.4 is 0 Å². The third-order valence-corrected chi connectivity index (χ3v) is 0. The van der Waals surface area contributed by atoms with Crippen LogP contribution in [0.25, 0.3) is 0 Å². The molecule has 0 spiro atoms. The molecule has 0 aromatic rings. The first-order valence-electron chi connectivity index (χ1n) is 0. The molecule has 0 N–H and O–H groups in total. The van der Waals surface area contributed by atoms with Gasteiger partial charge in [-0.1, -0.05) is 0 Å². The number of rotatable bonds is 0. The largest absolute Gasteiger partial charge is 0 e. The van der Waals surface area contributed by atoms with E-state index in [4.69, 9.17) is 0 Å². The van der Waals surface area contributed by atoms with E-state index in [0.29, 0.717) is 0 Å². The fourth-order valence-corrected chi connectivity index (χ4v) is 0. The van der Waals surface area contributed by atoms with Gasteiger partial charge in [0.15, 0.2) is 0 Å². The van der Waals surface area contributed by atoms with Crippen molar-refractivity contribution in [2.45, 2.75) is 0 Å². The molecular formula is Co5Ho. The summed E-state index contributed by atoms with van der Waals surface area (Å²) in [6.45, 7) is 0. The first kappa shape index (κ1) is 52.6. The van der Waals surface area contributed by atoms with Crippen molar-refractivity contribution in [3.05, 3.63) is 0 Å². The molecule has 56 valence electrons. The molecule has 0 aliphatic carbocycles. The third kappa shape index (κ3) is 25.0. The first-order chi connectivity index (χ1) is 0. The second-order valence-electron chi connectivity index (χ2n) is 0. The van der Waals surface area contributed by atoms with E-state index in [1.165, 1.54) is 0 Å². The molecule has 0 aliphatic rings. The Morgan fingerprint density at radius 3 is 0.333 bits per heavy atom. The van der Waals surface area contributed by atoms with Crippen molar-refractivity contribution in [3.63, 3.8) is 0 Å². The van der Waals surface area contributed by atoms with E-state index in [2.05, 4.69) is 0 Å². The zero-order valence-corrected chi connectivity index (χ0v) is 9.11. The van der Waals surface area contributed by atoms with Crippen LogP contribution >= 0.6 is 0 Å². The maximum absolute atomic E-state index is 0. The summed E-state index contributed by atoms with van der Waals surface area (Å²) >= 11 is 0. The van der Waals surface area contributed by atoms with Gasteiger partial charge in [-0.2, -0.15) is 0 Å². The monoisotopic (exact) mass is 460 g/mol. The van der Waals surface area contributed by atoms with Crippen molar-refractivity contribution in [2.24, 2.45) is 0 Å². The Bertz CT molecular complexity index is 3.90. The summed E-state index contributed by atoms with van der Waals surface area (Å²) in [5.74, 6) is 0. The van der Waals surface area contributed by atoms with Crippen LogP contribution in [0.3, 0.4) is 0 Å². The minimum Gasteiger partial charge on any atom is 0 e. The summed E-state index contributed by atoms with van der Waals surface area (Å²) in [6, 6.07) is 0. The van der Waals surface area contributed by atoms with E-state index in [1.54, 1.807) is 0 Å². The van der Waals surface area contributed by atoms with E-state index in [-0.39, 0.29) is 122 Å². The van der Waals surface area contributed by atoms with Gasteiger partial charge in [-0.3, -0.25) is 0 Å². The van der Waals surface area contributed by atoms with Crippen molar-refractivity contribution in [2.75, 3.05) is 0 Å². The van der Waals surface area contributed by atoms with Gasteiger partial charge in [0, 0.05) is 122 Å². The Balaban J connectivity index is 0. The van der Waals surface area contributed by atoms with Crippen LogP contribution in [-0.2, 0) is 83.9 Å². The molecule has 0 atom stereocenters. The molecule has 0 bridgehead atoms. The fourth-order valence-electron chi connectivity index (χ4n) is 0. The molecule has 0 amide bonds. The van der Waals surface area contributed by atoms with E-state index >= 15 is 0 Å². The molecule has 0 fully saturated rings. The average molecular weight is 460 g/mol. The van der Waals surface area contributed by atoms with Gasteiger partial charge in [0.2, 0.25) is 0 Å². The number of hydrogen-bond acceptors (Lipinski definition) is 0. The number of hydrogen-bond donors (Lipinski definition) is 0. The van der Waals surface area contributed by atoms with Gasteiger partial charge in [0.25, 0.3) is 0 Å². The van der Waals surface area contributed by atoms with Crippen molar-refractivity contribution in [1.82, 2.24) is 0 Å². The Morgan fingerprint density at radius 2 is 0.333 bits per heavy atom. The molecule has 0 rings (SSSR count). The van der Waals surface area contributed by atoms with Gasteiger partial charge >= 0.3 is 0 Å². The Morgan fingerprint density at radius 1 is 0.333 bits per heavy atom. The average Bonchev–Trinajstić information content (AvgIpc) is 0. The fraction of sp³-hybridized carbons (Fsp3) is 0. The standard InChI is InChI=1S/5Co.Ho. The van der Waals surface area contributed by atoms with Crippen LogP contribution in [-0.4, -0.2) is 0 Å². The predicted molar refractivity (Wildman–Crippen MR) is 0 cm³/mol. The maximum atomic E-state index is 0. The van der Waals surface area contributed by atoms with Gasteiger partial charge in [0.1, 0.15) is 0 Å². The minimum absolute atomic E-state index is 0. The summed E-state index contributed by atoms with van der Waals surface area (Å²) < 4.78 is 0. The van der Waals surface area contributed by atoms with Crippen LogP contribution in [0.5, 0.6) is 0 Å². The molecule has 6 heteroatoms. The summed E-state index contributed by atoms with van der Waals surface area (Å²) in [7, 11) is 0. The molecular weight excluding hydrogens is 460 g/mol. The minimum atomic E-state index is 0. The molecule has 0 aromatic carbocycles. The van der Waals surface area contributed by atoms with Gasteiger partial charge < -0.3 is 0 Å². The van der Waals surface area contributed by atoms with Crippen molar-refractivity contribution >= 4 is 0 Å². The topological polar surface area (TPSA) is 0 Å². The summed E-state index contributed by atoms with van der Waals surface area (Å²) in [5, 5.41) is 0. The predicted octanol–water partition coefficient (Wildman–Crippen LogP) is -0.0125. The Hall–Kier alpha value is 3.79. The maximum Gasteiger partial charge on any atom is 0 e. The first-order valence-corrected chi connectivity index (χ1v) is 0. The van der Waals surface area contributed by atoms with Crippen LogP contribution in [0.15, 0.2) is 0 Å². The van der Waals surface area contributed by atoms with Crippen molar-refractivity contribution < 1.29 is 122 Å². The zero-order valence-electron chi connectivity index (χ0n) is 1.97. The Kier molecular flexibility index (Phi) is 326. The smallest absolute Gasteiger partial charge is 0 e. The van der Waals surface area contributed by atoms with E-state index < -0.39 is 0 Å². The van der Waals surface area contributed by atoms with E-state index in [0.717, 1.165) is 0 Å². The molecule has 6 heavy (non-hydrogen) atoms. The van der Waals surface area contributed by atoms with Crippen LogP contribution in [0, 0.1) is 37.7 Å². The third-order valence-electron chi connectivity index (χ3n) is 0. The molecule has 0 unspecified atom stereocenters.